The highest BCUT2D eigenvalue weighted by Crippen LogP contribution is 2.51. The number of H-pyrrole nitrogens is 1. The number of hydrogen-bond donors (Lipinski definition) is 2. The Morgan fingerprint density at radius 3 is 2.89 bits per heavy atom. The molecule has 0 bridgehead atoms. The van der Waals surface area contributed by atoms with Gasteiger partial charge in [-0.3, -0.25) is 4.78 Å². The summed E-state index contributed by atoms with van der Waals surface area (Å²) in [5.41, 5.74) is 3.16. The van der Waals surface area contributed by atoms with E-state index >= 15 is 0 Å². The van der Waals surface area contributed by atoms with Gasteiger partial charge in [-0.15, -0.1) is 0 Å². The van der Waals surface area contributed by atoms with E-state index in [4.69, 9.17) is 19.5 Å². The summed E-state index contributed by atoms with van der Waals surface area (Å²) in [6, 6.07) is 10.7. The number of nitrogens with zero attached hydrogens (tertiary/aromatic N) is 3. The first-order chi connectivity index (χ1) is 13.6. The van der Waals surface area contributed by atoms with Gasteiger partial charge in [0.15, 0.2) is 5.82 Å². The fourth-order valence-corrected chi connectivity index (χ4v) is 5.25. The Morgan fingerprint density at radius 2 is 2.14 bits per heavy atom. The van der Waals surface area contributed by atoms with E-state index in [-0.39, 0.29) is 10.8 Å². The Labute approximate surface area is 167 Å². The summed E-state index contributed by atoms with van der Waals surface area (Å²) >= 11 is 0. The minimum atomic E-state index is -0.461. The summed E-state index contributed by atoms with van der Waals surface area (Å²) in [6.45, 7) is 4.43. The third-order valence-electron chi connectivity index (χ3n) is 5.97. The van der Waals surface area contributed by atoms with Crippen LogP contribution in [0.5, 0.6) is 0 Å². The van der Waals surface area contributed by atoms with E-state index in [9.17, 15) is 0 Å². The molecule has 28 heavy (non-hydrogen) atoms. The first-order valence-corrected chi connectivity index (χ1v) is 11.4. The largest absolute Gasteiger partial charge is 0.377 e. The molecule has 0 amide bonds. The van der Waals surface area contributed by atoms with E-state index in [1.54, 1.807) is 0 Å². The molecule has 3 heterocycles. The van der Waals surface area contributed by atoms with Crippen molar-refractivity contribution in [1.82, 2.24) is 15.0 Å². The molecular formula is C21H25N5OS. The zero-order valence-electron chi connectivity index (χ0n) is 16.2. The normalized spacial score (nSPS) is 22.4. The maximum absolute atomic E-state index is 8.45. The fourth-order valence-electron chi connectivity index (χ4n) is 4.12. The second-order valence-corrected chi connectivity index (χ2v) is 9.60. The van der Waals surface area contributed by atoms with Crippen LogP contribution in [-0.4, -0.2) is 47.0 Å². The Morgan fingerprint density at radius 1 is 1.29 bits per heavy atom. The van der Waals surface area contributed by atoms with Gasteiger partial charge in [-0.25, -0.2) is 9.97 Å². The molecule has 1 aromatic carbocycles. The van der Waals surface area contributed by atoms with Crippen LogP contribution in [0.4, 0.5) is 5.82 Å². The second-order valence-electron chi connectivity index (χ2n) is 7.80. The lowest BCUT2D eigenvalue weighted by molar-refractivity contribution is 0.0985. The number of aromatic amines is 1. The van der Waals surface area contributed by atoms with E-state index < -0.39 is 10.7 Å². The maximum atomic E-state index is 8.45. The molecule has 2 aliphatic rings. The molecule has 7 heteroatoms. The molecule has 0 spiro atoms. The van der Waals surface area contributed by atoms with Gasteiger partial charge < -0.3 is 14.6 Å². The smallest absolute Gasteiger partial charge is 0.162 e. The van der Waals surface area contributed by atoms with Crippen LogP contribution >= 0.6 is 0 Å². The molecule has 5 rings (SSSR count). The standard InChI is InChI=1S/C21H25N5OS/c1-14-13-27-11-10-26(14)19-12-18(21(7-8-21)28(2)22)24-20(25-19)16-4-3-5-17-15(16)6-9-23-17/h3-6,9,12,14,22-23H,7-8,10-11,13H2,1-2H3. The maximum Gasteiger partial charge on any atom is 0.162 e. The molecular weight excluding hydrogens is 370 g/mol. The van der Waals surface area contributed by atoms with Gasteiger partial charge in [0, 0.05) is 35.3 Å². The van der Waals surface area contributed by atoms with Gasteiger partial charge in [0.1, 0.15) is 5.82 Å². The summed E-state index contributed by atoms with van der Waals surface area (Å²) in [5, 5.41) is 1.13. The molecule has 2 atom stereocenters. The van der Waals surface area contributed by atoms with Crippen LogP contribution in [0.2, 0.25) is 0 Å². The Bertz CT molecular complexity index is 1060. The summed E-state index contributed by atoms with van der Waals surface area (Å²) in [6.07, 6.45) is 6.05. The molecule has 1 saturated heterocycles. The summed E-state index contributed by atoms with van der Waals surface area (Å²) in [5.74, 6) is 1.72. The van der Waals surface area contributed by atoms with E-state index in [1.165, 1.54) is 0 Å². The number of hydrogen-bond acceptors (Lipinski definition) is 5. The molecule has 1 saturated carbocycles. The molecule has 6 nitrogen and oxygen atoms in total. The number of rotatable bonds is 4. The number of anilines is 1. The minimum absolute atomic E-state index is 0.103. The lowest BCUT2D eigenvalue weighted by Gasteiger charge is -2.35. The van der Waals surface area contributed by atoms with Gasteiger partial charge in [-0.1, -0.05) is 22.8 Å². The average molecular weight is 396 g/mol. The molecule has 146 valence electrons. The van der Waals surface area contributed by atoms with Gasteiger partial charge in [-0.05, 0) is 38.2 Å². The van der Waals surface area contributed by atoms with Crippen molar-refractivity contribution in [2.75, 3.05) is 30.9 Å². The van der Waals surface area contributed by atoms with E-state index in [2.05, 4.69) is 41.1 Å². The zero-order valence-corrected chi connectivity index (χ0v) is 17.1. The number of fused-ring (bicyclic) bond motifs is 1. The quantitative estimate of drug-likeness (QED) is 0.703. The minimum Gasteiger partial charge on any atom is -0.377 e. The molecule has 0 radical (unpaired) electrons. The van der Waals surface area contributed by atoms with Gasteiger partial charge >= 0.3 is 0 Å². The van der Waals surface area contributed by atoms with Crippen molar-refractivity contribution in [2.24, 2.45) is 0 Å². The highest BCUT2D eigenvalue weighted by molar-refractivity contribution is 7.86. The molecule has 2 fully saturated rings. The van der Waals surface area contributed by atoms with Crippen LogP contribution < -0.4 is 4.90 Å². The number of ether oxygens (including phenoxy) is 1. The SMILES string of the molecule is CC1COCCN1c1cc(C2(S(C)=N)CC2)nc(-c2cccc3[nH]ccc23)n1. The third-order valence-corrected chi connectivity index (χ3v) is 7.76. The predicted octanol–water partition coefficient (Wildman–Crippen LogP) is 3.85. The molecule has 3 aromatic rings. The molecule has 1 aliphatic carbocycles. The monoisotopic (exact) mass is 395 g/mol. The fraction of sp³-hybridized carbons (Fsp3) is 0.429. The Hall–Kier alpha value is -2.25. The summed E-state index contributed by atoms with van der Waals surface area (Å²) in [4.78, 5) is 15.6. The van der Waals surface area contributed by atoms with Gasteiger partial charge in [-0.2, -0.15) is 0 Å². The Balaban J connectivity index is 1.69. The third kappa shape index (κ3) is 2.84. The number of aromatic nitrogens is 3. The van der Waals surface area contributed by atoms with E-state index in [0.717, 1.165) is 53.2 Å². The van der Waals surface area contributed by atoms with Crippen molar-refractivity contribution in [2.45, 2.75) is 30.6 Å². The molecule has 2 unspecified atom stereocenters. The predicted molar refractivity (Wildman–Crippen MR) is 114 cm³/mol. The van der Waals surface area contributed by atoms with Crippen molar-refractivity contribution in [3.05, 3.63) is 42.2 Å². The number of nitrogens with one attached hydrogen (secondary N) is 2. The lowest BCUT2D eigenvalue weighted by Crippen LogP contribution is -2.44. The topological polar surface area (TPSA) is 77.9 Å². The van der Waals surface area contributed by atoms with Crippen LogP contribution in [0.3, 0.4) is 0 Å². The van der Waals surface area contributed by atoms with Gasteiger partial charge in [0.25, 0.3) is 0 Å². The lowest BCUT2D eigenvalue weighted by atomic mass is 10.1. The van der Waals surface area contributed by atoms with Crippen molar-refractivity contribution >= 4 is 27.4 Å². The summed E-state index contributed by atoms with van der Waals surface area (Å²) in [7, 11) is -0.461. The molecule has 2 aromatic heterocycles. The molecule has 1 aliphatic heterocycles. The van der Waals surface area contributed by atoms with E-state index in [1.807, 2.05) is 18.5 Å². The second kappa shape index (κ2) is 6.67. The van der Waals surface area contributed by atoms with Crippen molar-refractivity contribution in [1.29, 1.82) is 4.78 Å². The zero-order chi connectivity index (χ0) is 19.3. The highest BCUT2D eigenvalue weighted by atomic mass is 32.2. The highest BCUT2D eigenvalue weighted by Gasteiger charge is 2.48. The average Bonchev–Trinajstić information content (AvgIpc) is 3.39. The van der Waals surface area contributed by atoms with Crippen LogP contribution in [0, 0.1) is 4.78 Å². The van der Waals surface area contributed by atoms with Crippen LogP contribution in [-0.2, 0) is 20.2 Å². The number of morpholine rings is 1. The van der Waals surface area contributed by atoms with Gasteiger partial charge in [0.2, 0.25) is 0 Å². The van der Waals surface area contributed by atoms with Crippen molar-refractivity contribution in [3.8, 4) is 11.4 Å². The van der Waals surface area contributed by atoms with Crippen molar-refractivity contribution < 1.29 is 4.74 Å². The van der Waals surface area contributed by atoms with Gasteiger partial charge in [0.05, 0.1) is 29.7 Å². The first-order valence-electron chi connectivity index (χ1n) is 9.76. The first kappa shape index (κ1) is 17.8. The summed E-state index contributed by atoms with van der Waals surface area (Å²) < 4.78 is 14.0. The number of benzene rings is 1. The van der Waals surface area contributed by atoms with Crippen LogP contribution in [0.25, 0.3) is 22.3 Å². The molecule has 2 N–H and O–H groups in total. The van der Waals surface area contributed by atoms with Crippen molar-refractivity contribution in [3.63, 3.8) is 0 Å². The van der Waals surface area contributed by atoms with E-state index in [0.29, 0.717) is 13.2 Å². The van der Waals surface area contributed by atoms with Crippen LogP contribution in [0.1, 0.15) is 25.5 Å². The van der Waals surface area contributed by atoms with Crippen LogP contribution in [0.15, 0.2) is 36.5 Å². The Kier molecular flexibility index (Phi) is 4.25.